The summed E-state index contributed by atoms with van der Waals surface area (Å²) in [5, 5.41) is 6.18. The predicted octanol–water partition coefficient (Wildman–Crippen LogP) is 2.85. The van der Waals surface area contributed by atoms with Gasteiger partial charge in [-0.1, -0.05) is 18.7 Å². The van der Waals surface area contributed by atoms with Gasteiger partial charge in [-0.05, 0) is 56.9 Å². The number of hydrogen-bond acceptors (Lipinski definition) is 6. The van der Waals surface area contributed by atoms with Crippen molar-refractivity contribution in [2.45, 2.75) is 57.2 Å². The molecule has 3 amide bonds. The van der Waals surface area contributed by atoms with Crippen molar-refractivity contribution >= 4 is 24.1 Å². The standard InChI is InChI=1S/C28H37N5O4/c1-17(8-6-10-29-5)19-12-23(19)31-25(34)21-15-33(27(36)37-28(2,3)4)16-22(21)26(35)32-24-13-20(24)18-9-7-11-30-14-18/h6-11,14,19-24H,1,12-13,15-16H2,2-5H3,(H,31,34)(H,32,35)/b8-6-,29-10-/t19-,20-,21-,22-,23?,24+/m1/s1. The number of aromatic nitrogens is 1. The summed E-state index contributed by atoms with van der Waals surface area (Å²) < 4.78 is 5.52. The first kappa shape index (κ1) is 26.6. The number of likely N-dealkylation sites (tertiary alicyclic amines) is 1. The first-order valence-corrected chi connectivity index (χ1v) is 12.8. The van der Waals surface area contributed by atoms with Crippen molar-refractivity contribution in [2.24, 2.45) is 22.7 Å². The number of amides is 3. The highest BCUT2D eigenvalue weighted by Crippen LogP contribution is 2.41. The summed E-state index contributed by atoms with van der Waals surface area (Å²) in [6.45, 7) is 9.75. The fraction of sp³-hybridized carbons (Fsp3) is 0.536. The lowest BCUT2D eigenvalue weighted by Crippen LogP contribution is -2.43. The monoisotopic (exact) mass is 507 g/mol. The van der Waals surface area contributed by atoms with E-state index in [2.05, 4.69) is 27.2 Å². The summed E-state index contributed by atoms with van der Waals surface area (Å²) in [5.41, 5.74) is 1.34. The molecule has 2 saturated carbocycles. The molecule has 0 aromatic carbocycles. The first-order chi connectivity index (χ1) is 17.6. The van der Waals surface area contributed by atoms with Crippen molar-refractivity contribution in [3.63, 3.8) is 0 Å². The van der Waals surface area contributed by atoms with Crippen LogP contribution >= 0.6 is 0 Å². The van der Waals surface area contributed by atoms with Crippen molar-refractivity contribution in [3.8, 4) is 0 Å². The molecule has 0 bridgehead atoms. The van der Waals surface area contributed by atoms with E-state index in [0.717, 1.165) is 24.0 Å². The molecule has 2 aliphatic carbocycles. The molecule has 6 atom stereocenters. The van der Waals surface area contributed by atoms with Crippen molar-refractivity contribution in [2.75, 3.05) is 20.1 Å². The lowest BCUT2D eigenvalue weighted by molar-refractivity contribution is -0.133. The van der Waals surface area contributed by atoms with Gasteiger partial charge in [-0.25, -0.2) is 4.79 Å². The van der Waals surface area contributed by atoms with E-state index in [0.29, 0.717) is 0 Å². The minimum atomic E-state index is -0.669. The lowest BCUT2D eigenvalue weighted by atomic mass is 9.94. The second-order valence-electron chi connectivity index (χ2n) is 11.1. The van der Waals surface area contributed by atoms with E-state index in [-0.39, 0.29) is 48.8 Å². The Bertz CT molecular complexity index is 1090. The van der Waals surface area contributed by atoms with Gasteiger partial charge in [-0.2, -0.15) is 0 Å². The van der Waals surface area contributed by atoms with Gasteiger partial charge < -0.3 is 20.3 Å². The van der Waals surface area contributed by atoms with Crippen LogP contribution in [0.5, 0.6) is 0 Å². The number of hydrogen-bond donors (Lipinski definition) is 2. The van der Waals surface area contributed by atoms with Crippen LogP contribution in [0.3, 0.4) is 0 Å². The smallest absolute Gasteiger partial charge is 0.410 e. The van der Waals surface area contributed by atoms with E-state index >= 15 is 0 Å². The number of nitrogens with zero attached hydrogens (tertiary/aromatic N) is 3. The molecule has 2 N–H and O–H groups in total. The summed E-state index contributed by atoms with van der Waals surface area (Å²) in [6.07, 6.45) is 10.1. The van der Waals surface area contributed by atoms with Crippen LogP contribution in [0.25, 0.3) is 0 Å². The second-order valence-corrected chi connectivity index (χ2v) is 11.1. The number of nitrogens with one attached hydrogen (secondary N) is 2. The third kappa shape index (κ3) is 6.84. The quantitative estimate of drug-likeness (QED) is 0.415. The van der Waals surface area contributed by atoms with Gasteiger partial charge >= 0.3 is 6.09 Å². The first-order valence-electron chi connectivity index (χ1n) is 12.8. The zero-order valence-electron chi connectivity index (χ0n) is 22.0. The van der Waals surface area contributed by atoms with Gasteiger partial charge in [0.25, 0.3) is 0 Å². The van der Waals surface area contributed by atoms with Crippen LogP contribution in [0, 0.1) is 17.8 Å². The van der Waals surface area contributed by atoms with Crippen LogP contribution < -0.4 is 10.6 Å². The van der Waals surface area contributed by atoms with Gasteiger partial charge in [0.2, 0.25) is 11.8 Å². The van der Waals surface area contributed by atoms with Gasteiger partial charge in [0.1, 0.15) is 5.60 Å². The van der Waals surface area contributed by atoms with Gasteiger partial charge in [-0.15, -0.1) is 0 Å². The van der Waals surface area contributed by atoms with Crippen LogP contribution in [0.15, 0.2) is 53.8 Å². The number of carbonyl (C=O) groups excluding carboxylic acids is 3. The maximum absolute atomic E-state index is 13.3. The van der Waals surface area contributed by atoms with Crippen molar-refractivity contribution in [1.82, 2.24) is 20.5 Å². The number of aliphatic imine (C=N–C) groups is 1. The molecule has 3 fully saturated rings. The van der Waals surface area contributed by atoms with Gasteiger partial charge in [-0.3, -0.25) is 19.6 Å². The molecule has 1 aromatic rings. The molecule has 1 aliphatic heterocycles. The zero-order chi connectivity index (χ0) is 26.7. The van der Waals surface area contributed by atoms with Gasteiger partial charge in [0.15, 0.2) is 0 Å². The average molecular weight is 508 g/mol. The zero-order valence-corrected chi connectivity index (χ0v) is 22.0. The Kier molecular flexibility index (Phi) is 7.80. The summed E-state index contributed by atoms with van der Waals surface area (Å²) in [5.74, 6) is -1.35. The predicted molar refractivity (Wildman–Crippen MR) is 141 cm³/mol. The van der Waals surface area contributed by atoms with Crippen LogP contribution in [-0.2, 0) is 14.3 Å². The number of carbonyl (C=O) groups is 3. The lowest BCUT2D eigenvalue weighted by Gasteiger charge is -2.24. The molecule has 37 heavy (non-hydrogen) atoms. The van der Waals surface area contributed by atoms with E-state index in [1.807, 2.05) is 30.5 Å². The van der Waals surface area contributed by atoms with Crippen molar-refractivity contribution in [3.05, 3.63) is 54.4 Å². The Morgan fingerprint density at radius 3 is 2.38 bits per heavy atom. The maximum atomic E-state index is 13.3. The molecule has 0 radical (unpaired) electrons. The van der Waals surface area contributed by atoms with E-state index in [9.17, 15) is 14.4 Å². The van der Waals surface area contributed by atoms with E-state index < -0.39 is 23.5 Å². The highest BCUT2D eigenvalue weighted by Gasteiger charge is 2.49. The molecule has 1 saturated heterocycles. The van der Waals surface area contributed by atoms with Crippen molar-refractivity contribution in [1.29, 1.82) is 0 Å². The summed E-state index contributed by atoms with van der Waals surface area (Å²) >= 11 is 0. The molecule has 1 aromatic heterocycles. The van der Waals surface area contributed by atoms with E-state index in [1.54, 1.807) is 40.2 Å². The fourth-order valence-corrected chi connectivity index (χ4v) is 4.85. The Hall–Kier alpha value is -3.49. The second kappa shape index (κ2) is 10.9. The largest absolute Gasteiger partial charge is 0.444 e. The van der Waals surface area contributed by atoms with Crippen LogP contribution in [-0.4, -0.2) is 71.8 Å². The molecular weight excluding hydrogens is 470 g/mol. The fourth-order valence-electron chi connectivity index (χ4n) is 4.85. The minimum Gasteiger partial charge on any atom is -0.444 e. The molecule has 1 unspecified atom stereocenters. The molecule has 0 spiro atoms. The number of rotatable bonds is 8. The Balaban J connectivity index is 1.40. The van der Waals surface area contributed by atoms with Crippen LogP contribution in [0.1, 0.15) is 45.1 Å². The van der Waals surface area contributed by atoms with Gasteiger partial charge in [0, 0.05) is 62.7 Å². The maximum Gasteiger partial charge on any atom is 0.410 e. The highest BCUT2D eigenvalue weighted by atomic mass is 16.6. The van der Waals surface area contributed by atoms with Crippen molar-refractivity contribution < 1.29 is 19.1 Å². The Labute approximate surface area is 218 Å². The number of ether oxygens (including phenoxy) is 1. The molecule has 3 aliphatic rings. The normalized spacial score (nSPS) is 28.8. The third-order valence-corrected chi connectivity index (χ3v) is 7.02. The Morgan fingerprint density at radius 2 is 1.78 bits per heavy atom. The number of allylic oxidation sites excluding steroid dienone is 2. The highest BCUT2D eigenvalue weighted by molar-refractivity contribution is 5.90. The molecule has 9 nitrogen and oxygen atoms in total. The average Bonchev–Trinajstić information content (AvgIpc) is 3.74. The van der Waals surface area contributed by atoms with Crippen LogP contribution in [0.2, 0.25) is 0 Å². The summed E-state index contributed by atoms with van der Waals surface area (Å²) in [4.78, 5) is 49.0. The third-order valence-electron chi connectivity index (χ3n) is 7.02. The SMILES string of the molecule is C=C(/C=C\C=N/C)[C@H]1CC1NC(=O)[C@@H]1CN(C(=O)OC(C)(C)C)C[C@H]1C(=O)N[C@H]1C[C@@H]1c1cccnc1. The molecular formula is C28H37N5O4. The number of pyridine rings is 1. The van der Waals surface area contributed by atoms with E-state index in [1.165, 1.54) is 4.90 Å². The molecule has 4 rings (SSSR count). The van der Waals surface area contributed by atoms with Crippen LogP contribution in [0.4, 0.5) is 4.79 Å². The molecule has 198 valence electrons. The van der Waals surface area contributed by atoms with E-state index in [4.69, 9.17) is 4.74 Å². The van der Waals surface area contributed by atoms with Gasteiger partial charge in [0.05, 0.1) is 11.8 Å². The Morgan fingerprint density at radius 1 is 1.11 bits per heavy atom. The molecule has 2 heterocycles. The summed E-state index contributed by atoms with van der Waals surface area (Å²) in [6, 6.07) is 3.87. The molecule has 9 heteroatoms. The minimum absolute atomic E-state index is 0.00516. The summed E-state index contributed by atoms with van der Waals surface area (Å²) in [7, 11) is 1.70. The topological polar surface area (TPSA) is 113 Å².